The van der Waals surface area contributed by atoms with E-state index >= 15 is 0 Å². The van der Waals surface area contributed by atoms with Gasteiger partial charge in [0.25, 0.3) is 11.6 Å². The number of aromatic nitrogens is 1. The van der Waals surface area contributed by atoms with Gasteiger partial charge in [-0.3, -0.25) is 14.9 Å². The van der Waals surface area contributed by atoms with Crippen LogP contribution < -0.4 is 5.32 Å². The maximum atomic E-state index is 13.0. The van der Waals surface area contributed by atoms with Crippen LogP contribution in [-0.4, -0.2) is 28.4 Å². The minimum atomic E-state index is -4.95. The number of non-ortho nitro benzene ring substituents is 1. The van der Waals surface area contributed by atoms with Crippen LogP contribution in [0.5, 0.6) is 0 Å². The highest BCUT2D eigenvalue weighted by molar-refractivity contribution is 6.30. The number of alkyl halides is 3. The molecule has 1 amide bonds. The second-order valence-electron chi connectivity index (χ2n) is 4.97. The quantitative estimate of drug-likeness (QED) is 0.465. The van der Waals surface area contributed by atoms with E-state index in [9.17, 15) is 32.9 Å². The molecule has 142 valence electrons. The fourth-order valence-electron chi connectivity index (χ4n) is 1.90. The standard InChI is InChI=1S/C15H9ClF3N3O5/c16-8-3-4-20-12(5-8)14(24)27-7-13(23)21-11-2-1-9(22(25)26)6-10(11)15(17,18)19/h1-6H,7H2,(H,21,23). The van der Waals surface area contributed by atoms with E-state index in [0.717, 1.165) is 12.1 Å². The number of nitro benzene ring substituents is 1. The van der Waals surface area contributed by atoms with Gasteiger partial charge in [-0.25, -0.2) is 9.78 Å². The lowest BCUT2D eigenvalue weighted by Crippen LogP contribution is -2.23. The first-order chi connectivity index (χ1) is 12.6. The summed E-state index contributed by atoms with van der Waals surface area (Å²) in [5.74, 6) is -2.09. The molecule has 0 radical (unpaired) electrons. The van der Waals surface area contributed by atoms with Crippen molar-refractivity contribution in [3.8, 4) is 0 Å². The summed E-state index contributed by atoms with van der Waals surface area (Å²) in [6.07, 6.45) is -3.72. The van der Waals surface area contributed by atoms with Gasteiger partial charge in [-0.1, -0.05) is 11.6 Å². The van der Waals surface area contributed by atoms with Gasteiger partial charge in [0, 0.05) is 23.4 Å². The van der Waals surface area contributed by atoms with E-state index < -0.39 is 46.5 Å². The van der Waals surface area contributed by atoms with E-state index in [-0.39, 0.29) is 16.8 Å². The van der Waals surface area contributed by atoms with Crippen LogP contribution in [0.4, 0.5) is 24.5 Å². The summed E-state index contributed by atoms with van der Waals surface area (Å²) in [6, 6.07) is 4.40. The molecule has 0 atom stereocenters. The van der Waals surface area contributed by atoms with Gasteiger partial charge in [0.2, 0.25) is 0 Å². The van der Waals surface area contributed by atoms with Crippen LogP contribution in [-0.2, 0) is 15.7 Å². The number of pyridine rings is 1. The summed E-state index contributed by atoms with van der Waals surface area (Å²) >= 11 is 5.67. The molecule has 0 aliphatic rings. The second kappa shape index (κ2) is 7.99. The van der Waals surface area contributed by atoms with E-state index in [0.29, 0.717) is 0 Å². The summed E-state index contributed by atoms with van der Waals surface area (Å²) in [5, 5.41) is 12.7. The molecular weight excluding hydrogens is 395 g/mol. The number of amides is 1. The molecule has 0 saturated carbocycles. The van der Waals surface area contributed by atoms with E-state index in [1.807, 2.05) is 5.32 Å². The van der Waals surface area contributed by atoms with Crippen LogP contribution >= 0.6 is 11.6 Å². The highest BCUT2D eigenvalue weighted by Gasteiger charge is 2.35. The first-order valence-corrected chi connectivity index (χ1v) is 7.40. The van der Waals surface area contributed by atoms with Crippen molar-refractivity contribution in [3.05, 3.63) is 62.9 Å². The van der Waals surface area contributed by atoms with Gasteiger partial charge < -0.3 is 10.1 Å². The topological polar surface area (TPSA) is 111 Å². The number of ether oxygens (including phenoxy) is 1. The lowest BCUT2D eigenvalue weighted by atomic mass is 10.1. The number of nitro groups is 1. The van der Waals surface area contributed by atoms with Crippen molar-refractivity contribution < 1.29 is 32.4 Å². The number of rotatable bonds is 5. The monoisotopic (exact) mass is 403 g/mol. The largest absolute Gasteiger partial charge is 0.451 e. The molecule has 0 unspecified atom stereocenters. The molecule has 12 heteroatoms. The summed E-state index contributed by atoms with van der Waals surface area (Å²) in [7, 11) is 0. The van der Waals surface area contributed by atoms with E-state index in [2.05, 4.69) is 9.72 Å². The molecule has 0 aliphatic heterocycles. The van der Waals surface area contributed by atoms with Crippen molar-refractivity contribution in [1.82, 2.24) is 4.98 Å². The van der Waals surface area contributed by atoms with Gasteiger partial charge in [0.05, 0.1) is 16.2 Å². The molecule has 0 bridgehead atoms. The number of benzene rings is 1. The summed E-state index contributed by atoms with van der Waals surface area (Å²) in [4.78, 5) is 36.8. The number of nitrogens with one attached hydrogen (secondary N) is 1. The predicted molar refractivity (Wildman–Crippen MR) is 86.3 cm³/mol. The van der Waals surface area contributed by atoms with Crippen LogP contribution in [0.15, 0.2) is 36.5 Å². The zero-order chi connectivity index (χ0) is 20.2. The molecule has 2 rings (SSSR count). The SMILES string of the molecule is O=C(COC(=O)c1cc(Cl)ccn1)Nc1ccc([N+](=O)[O-])cc1C(F)(F)F. The van der Waals surface area contributed by atoms with Gasteiger partial charge in [0.15, 0.2) is 6.61 Å². The van der Waals surface area contributed by atoms with Crippen LogP contribution in [0.3, 0.4) is 0 Å². The molecule has 0 aliphatic carbocycles. The molecule has 0 saturated heterocycles. The number of halogens is 4. The average molecular weight is 404 g/mol. The number of hydrogen-bond donors (Lipinski definition) is 1. The number of anilines is 1. The Labute approximate surface area is 154 Å². The molecular formula is C15H9ClF3N3O5. The molecule has 0 spiro atoms. The Morgan fingerprint density at radius 3 is 2.56 bits per heavy atom. The van der Waals surface area contributed by atoms with Gasteiger partial charge in [-0.2, -0.15) is 13.2 Å². The third-order valence-electron chi connectivity index (χ3n) is 3.06. The van der Waals surface area contributed by atoms with Crippen molar-refractivity contribution in [1.29, 1.82) is 0 Å². The van der Waals surface area contributed by atoms with Gasteiger partial charge in [-0.15, -0.1) is 0 Å². The number of carbonyl (C=O) groups excluding carboxylic acids is 2. The fraction of sp³-hybridized carbons (Fsp3) is 0.133. The van der Waals surface area contributed by atoms with Crippen LogP contribution in [0, 0.1) is 10.1 Å². The maximum absolute atomic E-state index is 13.0. The highest BCUT2D eigenvalue weighted by atomic mass is 35.5. The molecule has 1 N–H and O–H groups in total. The van der Waals surface area contributed by atoms with Crippen molar-refractivity contribution in [2.75, 3.05) is 11.9 Å². The van der Waals surface area contributed by atoms with E-state index in [4.69, 9.17) is 11.6 Å². The fourth-order valence-corrected chi connectivity index (χ4v) is 2.06. The Hall–Kier alpha value is -3.21. The summed E-state index contributed by atoms with van der Waals surface area (Å²) in [6.45, 7) is -0.901. The first-order valence-electron chi connectivity index (χ1n) is 7.02. The lowest BCUT2D eigenvalue weighted by molar-refractivity contribution is -0.385. The molecule has 8 nitrogen and oxygen atoms in total. The number of hydrogen-bond acceptors (Lipinski definition) is 6. The van der Waals surface area contributed by atoms with Crippen molar-refractivity contribution in [3.63, 3.8) is 0 Å². The first kappa shape index (κ1) is 20.1. The number of nitrogens with zero attached hydrogens (tertiary/aromatic N) is 2. The maximum Gasteiger partial charge on any atom is 0.418 e. The molecule has 2 aromatic rings. The highest BCUT2D eigenvalue weighted by Crippen LogP contribution is 2.37. The molecule has 1 heterocycles. The lowest BCUT2D eigenvalue weighted by Gasteiger charge is -2.13. The van der Waals surface area contributed by atoms with Crippen molar-refractivity contribution in [2.45, 2.75) is 6.18 Å². The van der Waals surface area contributed by atoms with Crippen LogP contribution in [0.1, 0.15) is 16.1 Å². The van der Waals surface area contributed by atoms with E-state index in [1.54, 1.807) is 0 Å². The Balaban J connectivity index is 2.09. The van der Waals surface area contributed by atoms with Gasteiger partial charge >= 0.3 is 12.1 Å². The normalized spacial score (nSPS) is 11.0. The van der Waals surface area contributed by atoms with Gasteiger partial charge in [0.1, 0.15) is 5.69 Å². The Morgan fingerprint density at radius 1 is 1.26 bits per heavy atom. The minimum Gasteiger partial charge on any atom is -0.451 e. The Bertz CT molecular complexity index is 905. The molecule has 27 heavy (non-hydrogen) atoms. The summed E-state index contributed by atoms with van der Waals surface area (Å²) < 4.78 is 43.7. The second-order valence-corrected chi connectivity index (χ2v) is 5.40. The van der Waals surface area contributed by atoms with Crippen LogP contribution in [0.25, 0.3) is 0 Å². The zero-order valence-electron chi connectivity index (χ0n) is 13.1. The zero-order valence-corrected chi connectivity index (χ0v) is 13.9. The molecule has 0 fully saturated rings. The third kappa shape index (κ3) is 5.38. The minimum absolute atomic E-state index is 0.193. The molecule has 1 aromatic carbocycles. The Kier molecular flexibility index (Phi) is 5.95. The van der Waals surface area contributed by atoms with E-state index in [1.165, 1.54) is 18.3 Å². The van der Waals surface area contributed by atoms with Crippen LogP contribution in [0.2, 0.25) is 5.02 Å². The van der Waals surface area contributed by atoms with Gasteiger partial charge in [-0.05, 0) is 18.2 Å². The van der Waals surface area contributed by atoms with Crippen molar-refractivity contribution in [2.24, 2.45) is 0 Å². The number of esters is 1. The average Bonchev–Trinajstić information content (AvgIpc) is 2.58. The van der Waals surface area contributed by atoms with Crippen molar-refractivity contribution >= 4 is 34.9 Å². The smallest absolute Gasteiger partial charge is 0.418 e. The Morgan fingerprint density at radius 2 is 1.96 bits per heavy atom. The predicted octanol–water partition coefficient (Wildman–Crippen LogP) is 3.46. The molecule has 1 aromatic heterocycles. The number of carbonyl (C=O) groups is 2. The summed E-state index contributed by atoms with van der Waals surface area (Å²) in [5.41, 5.74) is -3.11. The third-order valence-corrected chi connectivity index (χ3v) is 3.29.